The fourth-order valence-electron chi connectivity index (χ4n) is 2.49. The maximum Gasteiger partial charge on any atom is 0.273 e. The Hall–Kier alpha value is -2.14. The van der Waals surface area contributed by atoms with Gasteiger partial charge in [-0.25, -0.2) is 0 Å². The molecule has 1 aromatic carbocycles. The molecule has 1 N–H and O–H groups in total. The maximum absolute atomic E-state index is 10.7. The molecule has 0 aliphatic carbocycles. The molecule has 0 amide bonds. The van der Waals surface area contributed by atoms with Crippen molar-refractivity contribution in [2.75, 3.05) is 45.9 Å². The van der Waals surface area contributed by atoms with E-state index in [4.69, 9.17) is 11.2 Å². The number of nitro groups is 1. The molecule has 1 aliphatic rings. The van der Waals surface area contributed by atoms with Crippen molar-refractivity contribution in [3.8, 4) is 18.1 Å². The fourth-order valence-corrected chi connectivity index (χ4v) is 2.49. The van der Waals surface area contributed by atoms with E-state index in [1.165, 1.54) is 12.1 Å². The van der Waals surface area contributed by atoms with Gasteiger partial charge in [0.05, 0.1) is 17.5 Å². The van der Waals surface area contributed by atoms with Crippen LogP contribution in [-0.4, -0.2) is 71.8 Å². The Bertz CT molecular complexity index is 565. The molecular formula is C16H21N3O4. The Kier molecular flexibility index (Phi) is 6.35. The van der Waals surface area contributed by atoms with Crippen molar-refractivity contribution in [1.29, 1.82) is 0 Å². The average Bonchev–Trinajstić information content (AvgIpc) is 2.55. The van der Waals surface area contributed by atoms with Crippen LogP contribution in [0.1, 0.15) is 0 Å². The van der Waals surface area contributed by atoms with Crippen molar-refractivity contribution in [3.05, 3.63) is 34.4 Å². The van der Waals surface area contributed by atoms with Gasteiger partial charge < -0.3 is 9.84 Å². The molecule has 1 aliphatic heterocycles. The second-order valence-corrected chi connectivity index (χ2v) is 5.50. The molecule has 124 valence electrons. The van der Waals surface area contributed by atoms with Gasteiger partial charge >= 0.3 is 0 Å². The molecule has 1 unspecified atom stereocenters. The number of hydrogen-bond acceptors (Lipinski definition) is 6. The molecule has 0 saturated carbocycles. The third-order valence-electron chi connectivity index (χ3n) is 3.72. The van der Waals surface area contributed by atoms with E-state index < -0.39 is 11.0 Å². The molecule has 1 fully saturated rings. The minimum atomic E-state index is -0.645. The fraction of sp³-hybridized carbons (Fsp3) is 0.500. The number of ether oxygens (including phenoxy) is 1. The molecule has 0 spiro atoms. The second-order valence-electron chi connectivity index (χ2n) is 5.50. The lowest BCUT2D eigenvalue weighted by Crippen LogP contribution is -2.49. The zero-order valence-electron chi connectivity index (χ0n) is 12.9. The summed E-state index contributed by atoms with van der Waals surface area (Å²) in [7, 11) is 0. The highest BCUT2D eigenvalue weighted by atomic mass is 16.6. The third kappa shape index (κ3) is 5.53. The lowest BCUT2D eigenvalue weighted by molar-refractivity contribution is -0.384. The first-order valence-corrected chi connectivity index (χ1v) is 7.52. The van der Waals surface area contributed by atoms with Gasteiger partial charge in [0.25, 0.3) is 5.69 Å². The van der Waals surface area contributed by atoms with Crippen LogP contribution < -0.4 is 4.74 Å². The van der Waals surface area contributed by atoms with Gasteiger partial charge in [0.15, 0.2) is 0 Å². The maximum atomic E-state index is 10.7. The first-order valence-electron chi connectivity index (χ1n) is 7.52. The van der Waals surface area contributed by atoms with Crippen molar-refractivity contribution in [3.63, 3.8) is 0 Å². The zero-order valence-corrected chi connectivity index (χ0v) is 12.9. The van der Waals surface area contributed by atoms with Gasteiger partial charge in [-0.1, -0.05) is 12.0 Å². The number of terminal acetylenes is 1. The number of non-ortho nitro benzene ring substituents is 1. The van der Waals surface area contributed by atoms with Crippen molar-refractivity contribution < 1.29 is 14.8 Å². The zero-order chi connectivity index (χ0) is 16.7. The predicted molar refractivity (Wildman–Crippen MR) is 86.3 cm³/mol. The Morgan fingerprint density at radius 2 is 2.04 bits per heavy atom. The van der Waals surface area contributed by atoms with Crippen molar-refractivity contribution in [1.82, 2.24) is 9.80 Å². The van der Waals surface area contributed by atoms with Crippen LogP contribution >= 0.6 is 0 Å². The molecule has 7 heteroatoms. The van der Waals surface area contributed by atoms with Gasteiger partial charge in [0, 0.05) is 38.8 Å². The topological polar surface area (TPSA) is 79.1 Å². The second kappa shape index (κ2) is 8.48. The summed E-state index contributed by atoms with van der Waals surface area (Å²) >= 11 is 0. The largest absolute Gasteiger partial charge is 0.491 e. The summed E-state index contributed by atoms with van der Waals surface area (Å²) in [6.07, 6.45) is 4.65. The quantitative estimate of drug-likeness (QED) is 0.450. The summed E-state index contributed by atoms with van der Waals surface area (Å²) in [5.41, 5.74) is -0.0263. The van der Waals surface area contributed by atoms with E-state index >= 15 is 0 Å². The van der Waals surface area contributed by atoms with Crippen molar-refractivity contribution >= 4 is 5.69 Å². The SMILES string of the molecule is C#CCN1CCN(CC(O)COc2cccc([N+](=O)[O-])c2)CC1. The number of aliphatic hydroxyl groups excluding tert-OH is 1. The normalized spacial score (nSPS) is 17.4. The Labute approximate surface area is 135 Å². The third-order valence-corrected chi connectivity index (χ3v) is 3.72. The number of nitro benzene ring substituents is 1. The van der Waals surface area contributed by atoms with E-state index in [1.54, 1.807) is 12.1 Å². The summed E-state index contributed by atoms with van der Waals surface area (Å²) in [6.45, 7) is 4.77. The standard InChI is InChI=1S/C16H21N3O4/c1-2-6-17-7-9-18(10-8-17)12-15(20)13-23-16-5-3-4-14(11-16)19(21)22/h1,3-5,11,15,20H,6-10,12-13H2. The van der Waals surface area contributed by atoms with E-state index in [0.29, 0.717) is 18.8 Å². The van der Waals surface area contributed by atoms with Crippen LogP contribution in [0.2, 0.25) is 0 Å². The number of rotatable bonds is 7. The number of aliphatic hydroxyl groups is 1. The van der Waals surface area contributed by atoms with Gasteiger partial charge in [-0.2, -0.15) is 0 Å². The highest BCUT2D eigenvalue weighted by Crippen LogP contribution is 2.19. The molecule has 1 saturated heterocycles. The summed E-state index contributed by atoms with van der Waals surface area (Å²) in [5.74, 6) is 3.02. The molecule has 0 bridgehead atoms. The summed E-state index contributed by atoms with van der Waals surface area (Å²) in [5, 5.41) is 20.8. The highest BCUT2D eigenvalue weighted by molar-refractivity contribution is 5.37. The number of hydrogen-bond donors (Lipinski definition) is 1. The minimum absolute atomic E-state index is 0.0263. The lowest BCUT2D eigenvalue weighted by Gasteiger charge is -2.34. The van der Waals surface area contributed by atoms with Crippen molar-refractivity contribution in [2.45, 2.75) is 6.10 Å². The molecule has 2 rings (SSSR count). The van der Waals surface area contributed by atoms with Crippen LogP contribution in [-0.2, 0) is 0 Å². The summed E-state index contributed by atoms with van der Waals surface area (Å²) in [6, 6.07) is 5.95. The average molecular weight is 319 g/mol. The van der Waals surface area contributed by atoms with Crippen LogP contribution in [0.15, 0.2) is 24.3 Å². The minimum Gasteiger partial charge on any atom is -0.491 e. The first-order chi connectivity index (χ1) is 11.1. The molecule has 7 nitrogen and oxygen atoms in total. The van der Waals surface area contributed by atoms with Crippen LogP contribution in [0, 0.1) is 22.5 Å². The number of nitrogens with zero attached hydrogens (tertiary/aromatic N) is 3. The van der Waals surface area contributed by atoms with Gasteiger partial charge in [-0.3, -0.25) is 19.9 Å². The van der Waals surface area contributed by atoms with E-state index in [2.05, 4.69) is 15.7 Å². The van der Waals surface area contributed by atoms with Crippen LogP contribution in [0.25, 0.3) is 0 Å². The van der Waals surface area contributed by atoms with Crippen molar-refractivity contribution in [2.24, 2.45) is 0 Å². The van der Waals surface area contributed by atoms with Crippen LogP contribution in [0.5, 0.6) is 5.75 Å². The molecule has 1 atom stereocenters. The van der Waals surface area contributed by atoms with Gasteiger partial charge in [-0.15, -0.1) is 6.42 Å². The molecule has 1 heterocycles. The predicted octanol–water partition coefficient (Wildman–Crippen LogP) is 0.585. The van der Waals surface area contributed by atoms with E-state index in [9.17, 15) is 15.2 Å². The van der Waals surface area contributed by atoms with Crippen LogP contribution in [0.4, 0.5) is 5.69 Å². The summed E-state index contributed by atoms with van der Waals surface area (Å²) in [4.78, 5) is 14.6. The smallest absolute Gasteiger partial charge is 0.273 e. The number of benzene rings is 1. The molecule has 23 heavy (non-hydrogen) atoms. The molecular weight excluding hydrogens is 298 g/mol. The van der Waals surface area contributed by atoms with Gasteiger partial charge in [0.1, 0.15) is 18.5 Å². The van der Waals surface area contributed by atoms with Crippen LogP contribution in [0.3, 0.4) is 0 Å². The molecule has 1 aromatic rings. The van der Waals surface area contributed by atoms with E-state index in [-0.39, 0.29) is 12.3 Å². The Morgan fingerprint density at radius 3 is 2.70 bits per heavy atom. The van der Waals surface area contributed by atoms with Gasteiger partial charge in [-0.05, 0) is 6.07 Å². The summed E-state index contributed by atoms with van der Waals surface area (Å²) < 4.78 is 5.44. The Balaban J connectivity index is 1.73. The Morgan fingerprint density at radius 1 is 1.35 bits per heavy atom. The molecule has 0 aromatic heterocycles. The molecule has 0 radical (unpaired) electrons. The lowest BCUT2D eigenvalue weighted by atomic mass is 10.2. The van der Waals surface area contributed by atoms with Gasteiger partial charge in [0.2, 0.25) is 0 Å². The first kappa shape index (κ1) is 17.2. The number of piperazine rings is 1. The van der Waals surface area contributed by atoms with E-state index in [0.717, 1.165) is 26.2 Å². The highest BCUT2D eigenvalue weighted by Gasteiger charge is 2.19. The number of β-amino-alcohol motifs (C(OH)–C–C–N with tert-alkyl or cyclic N) is 1. The van der Waals surface area contributed by atoms with E-state index in [1.807, 2.05) is 0 Å². The monoisotopic (exact) mass is 319 g/mol.